The van der Waals surface area contributed by atoms with Crippen molar-refractivity contribution in [3.63, 3.8) is 0 Å². The van der Waals surface area contributed by atoms with E-state index < -0.39 is 7.25 Å². The van der Waals surface area contributed by atoms with Crippen LogP contribution < -0.4 is 0 Å². The van der Waals surface area contributed by atoms with Crippen molar-refractivity contribution in [1.29, 1.82) is 0 Å². The van der Waals surface area contributed by atoms with Gasteiger partial charge in [0.05, 0.1) is 5.69 Å². The number of rotatable bonds is 5. The first-order valence-corrected chi connectivity index (χ1v) is 6.11. The standard InChI is InChI=1S/C11H20N2.BF4/c1-4-5-6-7-8-13-9-10(2)12-11(13)3;2-1(3,4)5/h9H,4-8H2,1-3H3;/q;-1. The molecule has 0 atom stereocenters. The number of aryl methyl sites for hydroxylation is 3. The molecule has 1 aromatic rings. The Morgan fingerprint density at radius 1 is 1.11 bits per heavy atom. The zero-order valence-corrected chi connectivity index (χ0v) is 11.1. The van der Waals surface area contributed by atoms with E-state index in [0.717, 1.165) is 18.1 Å². The second-order valence-corrected chi connectivity index (χ2v) is 4.18. The molecular weight excluding hydrogens is 247 g/mol. The first-order valence-electron chi connectivity index (χ1n) is 6.11. The van der Waals surface area contributed by atoms with Gasteiger partial charge in [0.1, 0.15) is 5.82 Å². The summed E-state index contributed by atoms with van der Waals surface area (Å²) in [5, 5.41) is 0. The van der Waals surface area contributed by atoms with Gasteiger partial charge in [-0.2, -0.15) is 0 Å². The molecule has 0 aromatic carbocycles. The molecule has 1 aromatic heterocycles. The molecule has 0 saturated heterocycles. The summed E-state index contributed by atoms with van der Waals surface area (Å²) in [5.74, 6) is 1.15. The Hall–Kier alpha value is -1.01. The molecule has 106 valence electrons. The summed E-state index contributed by atoms with van der Waals surface area (Å²) >= 11 is 0. The molecule has 0 unspecified atom stereocenters. The maximum atomic E-state index is 9.75. The van der Waals surface area contributed by atoms with E-state index in [0.29, 0.717) is 0 Å². The van der Waals surface area contributed by atoms with Crippen LogP contribution in [-0.4, -0.2) is 16.8 Å². The number of hydrogen-bond acceptors (Lipinski definition) is 1. The van der Waals surface area contributed by atoms with Gasteiger partial charge in [0, 0.05) is 12.7 Å². The molecule has 0 fully saturated rings. The first-order chi connectivity index (χ1) is 8.24. The lowest BCUT2D eigenvalue weighted by molar-refractivity contribution is 0.368. The van der Waals surface area contributed by atoms with Crippen molar-refractivity contribution in [1.82, 2.24) is 9.55 Å². The average Bonchev–Trinajstić information content (AvgIpc) is 2.50. The van der Waals surface area contributed by atoms with Gasteiger partial charge in [0.15, 0.2) is 0 Å². The van der Waals surface area contributed by atoms with Crippen LogP contribution in [0.4, 0.5) is 17.3 Å². The van der Waals surface area contributed by atoms with Crippen LogP contribution in [0.1, 0.15) is 44.1 Å². The van der Waals surface area contributed by atoms with E-state index in [-0.39, 0.29) is 0 Å². The summed E-state index contributed by atoms with van der Waals surface area (Å²) < 4.78 is 41.3. The molecule has 1 rings (SSSR count). The van der Waals surface area contributed by atoms with E-state index in [2.05, 4.69) is 36.5 Å². The van der Waals surface area contributed by atoms with Crippen molar-refractivity contribution in [2.45, 2.75) is 53.0 Å². The Bertz CT molecular complexity index is 330. The molecule has 18 heavy (non-hydrogen) atoms. The minimum atomic E-state index is -6.00. The first kappa shape index (κ1) is 17.0. The third-order valence-electron chi connectivity index (χ3n) is 2.35. The van der Waals surface area contributed by atoms with Crippen LogP contribution in [0, 0.1) is 13.8 Å². The summed E-state index contributed by atoms with van der Waals surface area (Å²) in [5.41, 5.74) is 1.13. The lowest BCUT2D eigenvalue weighted by Gasteiger charge is -2.03. The van der Waals surface area contributed by atoms with E-state index in [1.54, 1.807) is 0 Å². The minimum Gasteiger partial charge on any atom is -0.418 e. The van der Waals surface area contributed by atoms with E-state index >= 15 is 0 Å². The molecule has 0 saturated carbocycles. The van der Waals surface area contributed by atoms with Crippen LogP contribution in [0.2, 0.25) is 0 Å². The van der Waals surface area contributed by atoms with Gasteiger partial charge in [0.2, 0.25) is 0 Å². The monoisotopic (exact) mass is 267 g/mol. The molecule has 2 nitrogen and oxygen atoms in total. The number of nitrogens with zero attached hydrogens (tertiary/aromatic N) is 2. The van der Waals surface area contributed by atoms with E-state index in [9.17, 15) is 17.3 Å². The van der Waals surface area contributed by atoms with Crippen LogP contribution in [-0.2, 0) is 6.54 Å². The molecule has 0 aliphatic carbocycles. The average molecular weight is 267 g/mol. The van der Waals surface area contributed by atoms with Gasteiger partial charge in [-0.1, -0.05) is 26.2 Å². The molecule has 0 N–H and O–H groups in total. The number of halogens is 4. The van der Waals surface area contributed by atoms with Crippen molar-refractivity contribution >= 4 is 7.25 Å². The van der Waals surface area contributed by atoms with Gasteiger partial charge >= 0.3 is 7.25 Å². The second-order valence-electron chi connectivity index (χ2n) is 4.18. The van der Waals surface area contributed by atoms with Gasteiger partial charge in [-0.3, -0.25) is 0 Å². The molecule has 0 spiro atoms. The maximum absolute atomic E-state index is 9.75. The SMILES string of the molecule is CCCCCCn1cc(C)nc1C.F[B-](F)(F)F. The highest BCUT2D eigenvalue weighted by Crippen LogP contribution is 2.07. The third kappa shape index (κ3) is 10.2. The fraction of sp³-hybridized carbons (Fsp3) is 0.727. The van der Waals surface area contributed by atoms with Crippen LogP contribution in [0.25, 0.3) is 0 Å². The number of aromatic nitrogens is 2. The Labute approximate surface area is 106 Å². The van der Waals surface area contributed by atoms with Crippen molar-refractivity contribution in [3.05, 3.63) is 17.7 Å². The number of imidazole rings is 1. The highest BCUT2D eigenvalue weighted by molar-refractivity contribution is 6.50. The van der Waals surface area contributed by atoms with Crippen molar-refractivity contribution in [3.8, 4) is 0 Å². The minimum absolute atomic E-state index is 1.13. The molecule has 0 amide bonds. The molecule has 0 aliphatic heterocycles. The summed E-state index contributed by atoms with van der Waals surface area (Å²) in [4.78, 5) is 4.37. The number of hydrogen-bond donors (Lipinski definition) is 0. The van der Waals surface area contributed by atoms with E-state index in [1.807, 2.05) is 0 Å². The van der Waals surface area contributed by atoms with Crippen molar-refractivity contribution in [2.75, 3.05) is 0 Å². The summed E-state index contributed by atoms with van der Waals surface area (Å²) in [6.45, 7) is 7.50. The number of unbranched alkanes of at least 4 members (excludes halogenated alkanes) is 3. The molecule has 0 bridgehead atoms. The predicted molar refractivity (Wildman–Crippen MR) is 66.0 cm³/mol. The van der Waals surface area contributed by atoms with Crippen LogP contribution in [0.3, 0.4) is 0 Å². The summed E-state index contributed by atoms with van der Waals surface area (Å²) in [6, 6.07) is 0. The molecule has 0 radical (unpaired) electrons. The fourth-order valence-electron chi connectivity index (χ4n) is 1.60. The van der Waals surface area contributed by atoms with E-state index in [4.69, 9.17) is 0 Å². The van der Waals surface area contributed by atoms with Crippen LogP contribution >= 0.6 is 0 Å². The predicted octanol–water partition coefficient (Wildman–Crippen LogP) is 4.38. The smallest absolute Gasteiger partial charge is 0.418 e. The molecule has 1 heterocycles. The zero-order valence-electron chi connectivity index (χ0n) is 11.1. The lowest BCUT2D eigenvalue weighted by Crippen LogP contribution is -2.02. The normalized spacial score (nSPS) is 11.1. The van der Waals surface area contributed by atoms with Gasteiger partial charge < -0.3 is 21.8 Å². The largest absolute Gasteiger partial charge is 0.673 e. The fourth-order valence-corrected chi connectivity index (χ4v) is 1.60. The highest BCUT2D eigenvalue weighted by Gasteiger charge is 2.20. The molecule has 7 heteroatoms. The van der Waals surface area contributed by atoms with Gasteiger partial charge in [0.25, 0.3) is 0 Å². The second kappa shape index (κ2) is 8.16. The lowest BCUT2D eigenvalue weighted by atomic mass is 10.2. The Morgan fingerprint density at radius 3 is 2.06 bits per heavy atom. The van der Waals surface area contributed by atoms with Gasteiger partial charge in [-0.05, 0) is 20.3 Å². The van der Waals surface area contributed by atoms with Gasteiger partial charge in [-0.15, -0.1) is 0 Å². The third-order valence-corrected chi connectivity index (χ3v) is 2.35. The molecular formula is C11H20BF4N2-. The Kier molecular flexibility index (Phi) is 7.70. The Balaban J connectivity index is 0.000000494. The Morgan fingerprint density at radius 2 is 1.67 bits per heavy atom. The van der Waals surface area contributed by atoms with Crippen molar-refractivity contribution < 1.29 is 17.3 Å². The van der Waals surface area contributed by atoms with Gasteiger partial charge in [-0.25, -0.2) is 4.98 Å². The van der Waals surface area contributed by atoms with Crippen molar-refractivity contribution in [2.24, 2.45) is 0 Å². The summed E-state index contributed by atoms with van der Waals surface area (Å²) in [6.07, 6.45) is 7.42. The highest BCUT2D eigenvalue weighted by atomic mass is 19.5. The van der Waals surface area contributed by atoms with Crippen LogP contribution in [0.5, 0.6) is 0 Å². The summed E-state index contributed by atoms with van der Waals surface area (Å²) in [7, 11) is -6.00. The maximum Gasteiger partial charge on any atom is 0.673 e. The topological polar surface area (TPSA) is 17.8 Å². The van der Waals surface area contributed by atoms with E-state index in [1.165, 1.54) is 25.7 Å². The van der Waals surface area contributed by atoms with Crippen LogP contribution in [0.15, 0.2) is 6.20 Å². The zero-order chi connectivity index (χ0) is 14.2. The quantitative estimate of drug-likeness (QED) is 0.439. The molecule has 0 aliphatic rings.